The summed E-state index contributed by atoms with van der Waals surface area (Å²) in [7, 11) is 0. The Bertz CT molecular complexity index is 418. The van der Waals surface area contributed by atoms with Crippen molar-refractivity contribution < 1.29 is 9.59 Å². The van der Waals surface area contributed by atoms with Crippen molar-refractivity contribution >= 4 is 29.1 Å². The number of benzene rings is 1. The molecule has 0 atom stereocenters. The molecule has 104 valence electrons. The minimum Gasteiger partial charge on any atom is -0.356 e. The van der Waals surface area contributed by atoms with Crippen LogP contribution in [0.2, 0.25) is 5.02 Å². The fourth-order valence-electron chi connectivity index (χ4n) is 1.55. The maximum atomic E-state index is 11.6. The first-order valence-electron chi connectivity index (χ1n) is 6.44. The van der Waals surface area contributed by atoms with Gasteiger partial charge in [0.2, 0.25) is 11.8 Å². The van der Waals surface area contributed by atoms with Gasteiger partial charge in [-0.3, -0.25) is 9.59 Å². The van der Waals surface area contributed by atoms with Crippen LogP contribution in [0.5, 0.6) is 0 Å². The van der Waals surface area contributed by atoms with Gasteiger partial charge < -0.3 is 10.6 Å². The second kappa shape index (κ2) is 8.53. The molecule has 1 aromatic carbocycles. The zero-order valence-corrected chi connectivity index (χ0v) is 11.8. The molecule has 2 amide bonds. The van der Waals surface area contributed by atoms with Gasteiger partial charge in [0.25, 0.3) is 0 Å². The number of hydrogen-bond acceptors (Lipinski definition) is 2. The number of amides is 2. The van der Waals surface area contributed by atoms with Crippen LogP contribution in [0.3, 0.4) is 0 Å². The maximum Gasteiger partial charge on any atom is 0.233 e. The molecule has 0 saturated heterocycles. The normalized spacial score (nSPS) is 10.0. The van der Waals surface area contributed by atoms with Crippen molar-refractivity contribution in [1.82, 2.24) is 5.32 Å². The predicted octanol–water partition coefficient (Wildman–Crippen LogP) is 2.98. The summed E-state index contributed by atoms with van der Waals surface area (Å²) in [5.74, 6) is -0.571. The van der Waals surface area contributed by atoms with Gasteiger partial charge in [0.1, 0.15) is 6.42 Å². The Balaban J connectivity index is 2.26. The third-order valence-electron chi connectivity index (χ3n) is 2.55. The van der Waals surface area contributed by atoms with Crippen molar-refractivity contribution in [1.29, 1.82) is 0 Å². The van der Waals surface area contributed by atoms with E-state index in [4.69, 9.17) is 11.6 Å². The molecule has 1 rings (SSSR count). The lowest BCUT2D eigenvalue weighted by Gasteiger charge is -2.06. The van der Waals surface area contributed by atoms with Crippen LogP contribution in [-0.4, -0.2) is 18.4 Å². The quantitative estimate of drug-likeness (QED) is 0.597. The molecule has 0 bridgehead atoms. The third kappa shape index (κ3) is 6.82. The summed E-state index contributed by atoms with van der Waals surface area (Å²) in [6.07, 6.45) is 2.97. The number of nitrogens with one attached hydrogen (secondary N) is 2. The zero-order valence-electron chi connectivity index (χ0n) is 11.0. The highest BCUT2D eigenvalue weighted by atomic mass is 35.5. The molecule has 0 aliphatic carbocycles. The zero-order chi connectivity index (χ0) is 14.1. The van der Waals surface area contributed by atoms with E-state index in [0.717, 1.165) is 19.3 Å². The van der Waals surface area contributed by atoms with Gasteiger partial charge in [0.05, 0.1) is 0 Å². The Morgan fingerprint density at radius 3 is 2.42 bits per heavy atom. The second-order valence-corrected chi connectivity index (χ2v) is 4.73. The van der Waals surface area contributed by atoms with Crippen molar-refractivity contribution in [2.45, 2.75) is 32.6 Å². The van der Waals surface area contributed by atoms with E-state index in [0.29, 0.717) is 17.3 Å². The molecule has 0 radical (unpaired) electrons. The van der Waals surface area contributed by atoms with E-state index in [1.807, 2.05) is 0 Å². The van der Waals surface area contributed by atoms with E-state index < -0.39 is 0 Å². The van der Waals surface area contributed by atoms with Crippen LogP contribution < -0.4 is 10.6 Å². The number of anilines is 1. The first kappa shape index (κ1) is 15.5. The Morgan fingerprint density at radius 1 is 1.11 bits per heavy atom. The number of carbonyl (C=O) groups is 2. The number of carbonyl (C=O) groups excluding carboxylic acids is 2. The van der Waals surface area contributed by atoms with Gasteiger partial charge in [0, 0.05) is 17.3 Å². The fourth-order valence-corrected chi connectivity index (χ4v) is 1.68. The van der Waals surface area contributed by atoms with Crippen molar-refractivity contribution in [3.8, 4) is 0 Å². The molecular weight excluding hydrogens is 264 g/mol. The number of unbranched alkanes of at least 4 members (excludes halogenated alkanes) is 2. The average molecular weight is 283 g/mol. The molecule has 0 unspecified atom stereocenters. The number of rotatable bonds is 7. The van der Waals surface area contributed by atoms with E-state index in [-0.39, 0.29) is 18.2 Å². The molecular formula is C14H19ClN2O2. The summed E-state index contributed by atoms with van der Waals surface area (Å²) in [4.78, 5) is 23.1. The lowest BCUT2D eigenvalue weighted by molar-refractivity contribution is -0.126. The summed E-state index contributed by atoms with van der Waals surface area (Å²) in [5, 5.41) is 5.97. The lowest BCUT2D eigenvalue weighted by Crippen LogP contribution is -2.28. The van der Waals surface area contributed by atoms with Crippen LogP contribution in [0.1, 0.15) is 32.6 Å². The van der Waals surface area contributed by atoms with Gasteiger partial charge in [-0.2, -0.15) is 0 Å². The molecule has 0 fully saturated rings. The van der Waals surface area contributed by atoms with E-state index in [9.17, 15) is 9.59 Å². The van der Waals surface area contributed by atoms with Crippen LogP contribution in [-0.2, 0) is 9.59 Å². The van der Waals surface area contributed by atoms with Crippen LogP contribution in [0.25, 0.3) is 0 Å². The summed E-state index contributed by atoms with van der Waals surface area (Å²) in [6, 6.07) is 6.75. The Kier molecular flexibility index (Phi) is 6.97. The molecule has 19 heavy (non-hydrogen) atoms. The molecule has 0 aliphatic rings. The van der Waals surface area contributed by atoms with Gasteiger partial charge >= 0.3 is 0 Å². The minimum atomic E-state index is -0.324. The first-order chi connectivity index (χ1) is 9.11. The topological polar surface area (TPSA) is 58.2 Å². The van der Waals surface area contributed by atoms with Crippen molar-refractivity contribution in [3.63, 3.8) is 0 Å². The van der Waals surface area contributed by atoms with E-state index in [2.05, 4.69) is 17.6 Å². The minimum absolute atomic E-state index is 0.158. The predicted molar refractivity (Wildman–Crippen MR) is 77.2 cm³/mol. The molecule has 0 spiro atoms. The second-order valence-electron chi connectivity index (χ2n) is 4.29. The lowest BCUT2D eigenvalue weighted by atomic mass is 10.2. The molecule has 2 N–H and O–H groups in total. The smallest absolute Gasteiger partial charge is 0.233 e. The largest absolute Gasteiger partial charge is 0.356 e. The van der Waals surface area contributed by atoms with Crippen LogP contribution in [0.15, 0.2) is 24.3 Å². The molecule has 0 aromatic heterocycles. The molecule has 0 saturated carbocycles. The Morgan fingerprint density at radius 2 is 1.79 bits per heavy atom. The summed E-state index contributed by atoms with van der Waals surface area (Å²) < 4.78 is 0. The van der Waals surface area contributed by atoms with Crippen molar-refractivity contribution in [2.24, 2.45) is 0 Å². The van der Waals surface area contributed by atoms with Gasteiger partial charge in [-0.15, -0.1) is 0 Å². The van der Waals surface area contributed by atoms with Crippen LogP contribution in [0.4, 0.5) is 5.69 Å². The summed E-state index contributed by atoms with van der Waals surface area (Å²) in [5.41, 5.74) is 0.633. The van der Waals surface area contributed by atoms with Gasteiger partial charge in [-0.25, -0.2) is 0 Å². The first-order valence-corrected chi connectivity index (χ1v) is 6.81. The molecule has 5 heteroatoms. The van der Waals surface area contributed by atoms with Crippen LogP contribution in [0, 0.1) is 0 Å². The SMILES string of the molecule is CCCCCNC(=O)CC(=O)Nc1ccc(Cl)cc1. The highest BCUT2D eigenvalue weighted by Gasteiger charge is 2.08. The van der Waals surface area contributed by atoms with Gasteiger partial charge in [0.15, 0.2) is 0 Å². The van der Waals surface area contributed by atoms with E-state index in [1.165, 1.54) is 0 Å². The van der Waals surface area contributed by atoms with Gasteiger partial charge in [-0.1, -0.05) is 31.4 Å². The number of hydrogen-bond donors (Lipinski definition) is 2. The highest BCUT2D eigenvalue weighted by molar-refractivity contribution is 6.30. The molecule has 0 heterocycles. The standard InChI is InChI=1S/C14H19ClN2O2/c1-2-3-4-9-16-13(18)10-14(19)17-12-7-5-11(15)6-8-12/h5-8H,2-4,9-10H2,1H3,(H,16,18)(H,17,19). The number of halogens is 1. The van der Waals surface area contributed by atoms with Crippen molar-refractivity contribution in [3.05, 3.63) is 29.3 Å². The molecule has 4 nitrogen and oxygen atoms in total. The Labute approximate surface area is 118 Å². The molecule has 0 aliphatic heterocycles. The fraction of sp³-hybridized carbons (Fsp3) is 0.429. The summed E-state index contributed by atoms with van der Waals surface area (Å²) in [6.45, 7) is 2.72. The molecule has 1 aromatic rings. The van der Waals surface area contributed by atoms with E-state index >= 15 is 0 Å². The maximum absolute atomic E-state index is 11.6. The van der Waals surface area contributed by atoms with Crippen molar-refractivity contribution in [2.75, 3.05) is 11.9 Å². The van der Waals surface area contributed by atoms with E-state index in [1.54, 1.807) is 24.3 Å². The Hall–Kier alpha value is -1.55. The highest BCUT2D eigenvalue weighted by Crippen LogP contribution is 2.13. The third-order valence-corrected chi connectivity index (χ3v) is 2.80. The monoisotopic (exact) mass is 282 g/mol. The van der Waals surface area contributed by atoms with Gasteiger partial charge in [-0.05, 0) is 30.7 Å². The average Bonchev–Trinajstić information content (AvgIpc) is 2.37. The van der Waals surface area contributed by atoms with Crippen LogP contribution >= 0.6 is 11.6 Å². The summed E-state index contributed by atoms with van der Waals surface area (Å²) >= 11 is 5.74.